The van der Waals surface area contributed by atoms with Crippen LogP contribution in [0, 0.1) is 13.8 Å². The largest absolute Gasteiger partial charge is 0.304 e. The van der Waals surface area contributed by atoms with Crippen molar-refractivity contribution in [2.24, 2.45) is 7.05 Å². The fourth-order valence-corrected chi connectivity index (χ4v) is 2.72. The molecule has 0 spiro atoms. The lowest BCUT2D eigenvalue weighted by atomic mass is 10.2. The summed E-state index contributed by atoms with van der Waals surface area (Å²) in [5.41, 5.74) is 2.20. The lowest BCUT2D eigenvalue weighted by Gasteiger charge is -2.12. The van der Waals surface area contributed by atoms with Crippen LogP contribution in [0.25, 0.3) is 0 Å². The van der Waals surface area contributed by atoms with Gasteiger partial charge in [0.1, 0.15) is 0 Å². The average molecular weight is 251 g/mol. The minimum atomic E-state index is 0.302. The van der Waals surface area contributed by atoms with Crippen molar-refractivity contribution in [2.45, 2.75) is 33.4 Å². The fraction of sp³-hybridized carbons (Fsp3) is 0.545. The lowest BCUT2D eigenvalue weighted by molar-refractivity contribution is 0.550. The Morgan fingerprint density at radius 2 is 2.24 bits per heavy atom. The summed E-state index contributed by atoms with van der Waals surface area (Å²) in [6.45, 7) is 7.02. The minimum absolute atomic E-state index is 0.302. The number of nitrogens with zero attached hydrogens (tertiary/aromatic N) is 4. The summed E-state index contributed by atoms with van der Waals surface area (Å²) >= 11 is 1.75. The Hall–Kier alpha value is -1.27. The monoisotopic (exact) mass is 251 g/mol. The molecule has 0 saturated carbocycles. The number of hydrogen-bond donors (Lipinski definition) is 1. The van der Waals surface area contributed by atoms with E-state index in [4.69, 9.17) is 0 Å². The van der Waals surface area contributed by atoms with Gasteiger partial charge in [-0.1, -0.05) is 5.21 Å². The van der Waals surface area contributed by atoms with Gasteiger partial charge >= 0.3 is 0 Å². The third-order valence-electron chi connectivity index (χ3n) is 2.73. The molecule has 2 aromatic heterocycles. The van der Waals surface area contributed by atoms with Gasteiger partial charge in [0, 0.05) is 24.5 Å². The van der Waals surface area contributed by atoms with Crippen molar-refractivity contribution in [1.82, 2.24) is 25.3 Å². The minimum Gasteiger partial charge on any atom is -0.304 e. The number of nitrogens with one attached hydrogen (secondary N) is 1. The standard InChI is InChI=1S/C11H17N5S/c1-7(11-8(2)14-9(3)17-11)12-5-10-6-13-15-16(10)4/h6-7,12H,5H2,1-4H3. The molecule has 1 unspecified atom stereocenters. The maximum absolute atomic E-state index is 4.44. The molecule has 0 fully saturated rings. The molecule has 1 N–H and O–H groups in total. The number of hydrogen-bond acceptors (Lipinski definition) is 5. The van der Waals surface area contributed by atoms with Crippen molar-refractivity contribution in [3.8, 4) is 0 Å². The maximum atomic E-state index is 4.44. The molecule has 0 aliphatic rings. The van der Waals surface area contributed by atoms with Crippen LogP contribution in [0.3, 0.4) is 0 Å². The Labute approximate surface area is 105 Å². The van der Waals surface area contributed by atoms with E-state index in [9.17, 15) is 0 Å². The molecule has 2 heterocycles. The van der Waals surface area contributed by atoms with E-state index in [-0.39, 0.29) is 0 Å². The van der Waals surface area contributed by atoms with Gasteiger partial charge in [-0.25, -0.2) is 4.98 Å². The first-order chi connectivity index (χ1) is 8.08. The Bertz CT molecular complexity index is 502. The molecule has 0 amide bonds. The van der Waals surface area contributed by atoms with Crippen LogP contribution in [0.5, 0.6) is 0 Å². The van der Waals surface area contributed by atoms with E-state index < -0.39 is 0 Å². The number of aromatic nitrogens is 4. The molecule has 0 aliphatic heterocycles. The Morgan fingerprint density at radius 3 is 2.76 bits per heavy atom. The normalized spacial score (nSPS) is 12.9. The number of rotatable bonds is 4. The second kappa shape index (κ2) is 4.93. The van der Waals surface area contributed by atoms with E-state index in [0.29, 0.717) is 6.04 Å². The summed E-state index contributed by atoms with van der Waals surface area (Å²) in [5.74, 6) is 0. The predicted octanol–water partition coefficient (Wildman–Crippen LogP) is 1.74. The van der Waals surface area contributed by atoms with Crippen LogP contribution in [0.2, 0.25) is 0 Å². The van der Waals surface area contributed by atoms with E-state index >= 15 is 0 Å². The molecule has 1 atom stereocenters. The molecule has 0 aliphatic carbocycles. The van der Waals surface area contributed by atoms with Gasteiger partial charge in [-0.3, -0.25) is 4.68 Å². The Morgan fingerprint density at radius 1 is 1.47 bits per heavy atom. The molecule has 92 valence electrons. The van der Waals surface area contributed by atoms with Gasteiger partial charge in [-0.15, -0.1) is 16.4 Å². The van der Waals surface area contributed by atoms with Gasteiger partial charge < -0.3 is 5.32 Å². The second-order valence-corrected chi connectivity index (χ2v) is 5.37. The molecule has 0 bridgehead atoms. The van der Waals surface area contributed by atoms with Gasteiger partial charge in [0.05, 0.1) is 22.6 Å². The summed E-state index contributed by atoms with van der Waals surface area (Å²) in [6.07, 6.45) is 1.78. The first kappa shape index (κ1) is 12.2. The molecule has 0 aromatic carbocycles. The van der Waals surface area contributed by atoms with Gasteiger partial charge in [-0.2, -0.15) is 0 Å². The van der Waals surface area contributed by atoms with Crippen LogP contribution in [0.1, 0.15) is 34.2 Å². The zero-order chi connectivity index (χ0) is 12.4. The van der Waals surface area contributed by atoms with Crippen LogP contribution < -0.4 is 5.32 Å². The van der Waals surface area contributed by atoms with Crippen LogP contribution in [0.15, 0.2) is 6.20 Å². The topological polar surface area (TPSA) is 55.6 Å². The highest BCUT2D eigenvalue weighted by Crippen LogP contribution is 2.24. The van der Waals surface area contributed by atoms with Gasteiger partial charge in [0.2, 0.25) is 0 Å². The lowest BCUT2D eigenvalue weighted by Crippen LogP contribution is -2.19. The van der Waals surface area contributed by atoms with Crippen LogP contribution in [-0.2, 0) is 13.6 Å². The van der Waals surface area contributed by atoms with Crippen molar-refractivity contribution in [2.75, 3.05) is 0 Å². The molecular formula is C11H17N5S. The fourth-order valence-electron chi connectivity index (χ4n) is 1.77. The average Bonchev–Trinajstić information content (AvgIpc) is 2.81. The summed E-state index contributed by atoms with van der Waals surface area (Å²) in [5, 5.41) is 12.3. The highest BCUT2D eigenvalue weighted by atomic mass is 32.1. The molecule has 2 aromatic rings. The molecule has 6 heteroatoms. The van der Waals surface area contributed by atoms with Crippen molar-refractivity contribution in [1.29, 1.82) is 0 Å². The highest BCUT2D eigenvalue weighted by molar-refractivity contribution is 7.11. The highest BCUT2D eigenvalue weighted by Gasteiger charge is 2.12. The summed E-state index contributed by atoms with van der Waals surface area (Å²) in [7, 11) is 1.90. The van der Waals surface area contributed by atoms with Gasteiger partial charge in [-0.05, 0) is 20.8 Å². The smallest absolute Gasteiger partial charge is 0.0900 e. The molecule has 2 rings (SSSR count). The van der Waals surface area contributed by atoms with Crippen molar-refractivity contribution >= 4 is 11.3 Å². The van der Waals surface area contributed by atoms with Crippen LogP contribution in [-0.4, -0.2) is 20.0 Å². The van der Waals surface area contributed by atoms with E-state index in [1.807, 2.05) is 14.0 Å². The summed E-state index contributed by atoms with van der Waals surface area (Å²) in [4.78, 5) is 5.75. The molecule has 0 radical (unpaired) electrons. The maximum Gasteiger partial charge on any atom is 0.0900 e. The van der Waals surface area contributed by atoms with Crippen LogP contribution in [0.4, 0.5) is 0 Å². The van der Waals surface area contributed by atoms with E-state index in [1.165, 1.54) is 4.88 Å². The van der Waals surface area contributed by atoms with Crippen molar-refractivity contribution in [3.63, 3.8) is 0 Å². The second-order valence-electron chi connectivity index (χ2n) is 4.13. The zero-order valence-corrected chi connectivity index (χ0v) is 11.4. The summed E-state index contributed by atoms with van der Waals surface area (Å²) < 4.78 is 1.78. The summed E-state index contributed by atoms with van der Waals surface area (Å²) in [6, 6.07) is 0.302. The number of aryl methyl sites for hydroxylation is 3. The van der Waals surface area contributed by atoms with Crippen molar-refractivity contribution < 1.29 is 0 Å². The van der Waals surface area contributed by atoms with Crippen LogP contribution >= 0.6 is 11.3 Å². The first-order valence-electron chi connectivity index (χ1n) is 5.58. The Balaban J connectivity index is 2.00. The van der Waals surface area contributed by atoms with E-state index in [0.717, 1.165) is 22.9 Å². The SMILES string of the molecule is Cc1nc(C)c(C(C)NCc2cnnn2C)s1. The third-order valence-corrected chi connectivity index (χ3v) is 3.99. The predicted molar refractivity (Wildman–Crippen MR) is 67.8 cm³/mol. The third kappa shape index (κ3) is 2.70. The number of thiazole rings is 1. The van der Waals surface area contributed by atoms with Gasteiger partial charge in [0.25, 0.3) is 0 Å². The quantitative estimate of drug-likeness (QED) is 0.899. The first-order valence-corrected chi connectivity index (χ1v) is 6.40. The molecule has 0 saturated heterocycles. The molecule has 5 nitrogen and oxygen atoms in total. The zero-order valence-electron chi connectivity index (χ0n) is 10.6. The molecule has 17 heavy (non-hydrogen) atoms. The van der Waals surface area contributed by atoms with Gasteiger partial charge in [0.15, 0.2) is 0 Å². The molecular weight excluding hydrogens is 234 g/mol. The van der Waals surface area contributed by atoms with Crippen molar-refractivity contribution in [3.05, 3.63) is 27.5 Å². The van der Waals surface area contributed by atoms with E-state index in [1.54, 1.807) is 22.2 Å². The van der Waals surface area contributed by atoms with E-state index in [2.05, 4.69) is 34.5 Å². The Kier molecular flexibility index (Phi) is 3.54.